The van der Waals surface area contributed by atoms with Crippen molar-refractivity contribution < 1.29 is 9.13 Å². The van der Waals surface area contributed by atoms with Crippen LogP contribution < -0.4 is 10.1 Å². The molecular formula is C17H26FNO. The number of hydrogen-bond donors (Lipinski definition) is 1. The fourth-order valence-corrected chi connectivity index (χ4v) is 1.93. The number of benzene rings is 1. The first kappa shape index (κ1) is 16.7. The Morgan fingerprint density at radius 1 is 1.30 bits per heavy atom. The number of rotatable bonds is 11. The summed E-state index contributed by atoms with van der Waals surface area (Å²) in [5.74, 6) is 0.0832. The lowest BCUT2D eigenvalue weighted by Crippen LogP contribution is -2.13. The van der Waals surface area contributed by atoms with E-state index in [1.54, 1.807) is 12.1 Å². The maximum atomic E-state index is 13.8. The molecule has 20 heavy (non-hydrogen) atoms. The van der Waals surface area contributed by atoms with Crippen molar-refractivity contribution in [3.63, 3.8) is 0 Å². The number of ether oxygens (including phenoxy) is 1. The lowest BCUT2D eigenvalue weighted by molar-refractivity contribution is 0.290. The predicted molar refractivity (Wildman–Crippen MR) is 82.6 cm³/mol. The van der Waals surface area contributed by atoms with Gasteiger partial charge >= 0.3 is 0 Å². The van der Waals surface area contributed by atoms with Crippen LogP contribution in [-0.4, -0.2) is 13.2 Å². The second-order valence-electron chi connectivity index (χ2n) is 4.93. The van der Waals surface area contributed by atoms with Gasteiger partial charge in [-0.05, 0) is 56.3 Å². The topological polar surface area (TPSA) is 21.3 Å². The number of hydrogen-bond acceptors (Lipinski definition) is 2. The first-order chi connectivity index (χ1) is 9.77. The minimum absolute atomic E-state index is 0.271. The number of halogens is 1. The monoisotopic (exact) mass is 279 g/mol. The average Bonchev–Trinajstić information content (AvgIpc) is 2.45. The van der Waals surface area contributed by atoms with Crippen LogP contribution in [-0.2, 0) is 6.54 Å². The van der Waals surface area contributed by atoms with E-state index in [9.17, 15) is 4.39 Å². The lowest BCUT2D eigenvalue weighted by atomic mass is 10.2. The molecule has 1 aromatic carbocycles. The van der Waals surface area contributed by atoms with E-state index in [4.69, 9.17) is 4.74 Å². The van der Waals surface area contributed by atoms with E-state index in [1.807, 2.05) is 12.1 Å². The molecular weight excluding hydrogens is 253 g/mol. The van der Waals surface area contributed by atoms with Gasteiger partial charge in [-0.2, -0.15) is 0 Å². The molecule has 0 saturated carbocycles. The summed E-state index contributed by atoms with van der Waals surface area (Å²) in [4.78, 5) is 0. The van der Waals surface area contributed by atoms with E-state index < -0.39 is 0 Å². The molecule has 3 heteroatoms. The van der Waals surface area contributed by atoms with Crippen LogP contribution in [0.2, 0.25) is 0 Å². The van der Waals surface area contributed by atoms with Gasteiger partial charge in [0, 0.05) is 6.54 Å². The molecule has 0 aliphatic carbocycles. The number of nitrogens with one attached hydrogen (secondary N) is 1. The molecule has 0 aliphatic heterocycles. The van der Waals surface area contributed by atoms with Crippen LogP contribution in [0, 0.1) is 5.82 Å². The minimum Gasteiger partial charge on any atom is -0.491 e. The summed E-state index contributed by atoms with van der Waals surface area (Å²) in [6, 6.07) is 5.19. The number of unbranched alkanes of at least 4 members (excludes halogenated alkanes) is 3. The van der Waals surface area contributed by atoms with Crippen LogP contribution in [0.5, 0.6) is 5.75 Å². The van der Waals surface area contributed by atoms with Crippen molar-refractivity contribution >= 4 is 0 Å². The molecule has 1 rings (SSSR count). The van der Waals surface area contributed by atoms with Gasteiger partial charge in [-0.1, -0.05) is 19.1 Å². The largest absolute Gasteiger partial charge is 0.491 e. The van der Waals surface area contributed by atoms with Crippen molar-refractivity contribution in [2.75, 3.05) is 13.2 Å². The summed E-state index contributed by atoms with van der Waals surface area (Å²) in [6.07, 6.45) is 7.20. The molecule has 0 unspecified atom stereocenters. The Balaban J connectivity index is 2.30. The van der Waals surface area contributed by atoms with Crippen molar-refractivity contribution in [3.05, 3.63) is 42.2 Å². The fourth-order valence-electron chi connectivity index (χ4n) is 1.93. The molecule has 1 N–H and O–H groups in total. The summed E-state index contributed by atoms with van der Waals surface area (Å²) < 4.78 is 19.3. The molecule has 112 valence electrons. The normalized spacial score (nSPS) is 10.5. The Bertz CT molecular complexity index is 393. The van der Waals surface area contributed by atoms with Gasteiger partial charge in [-0.15, -0.1) is 6.58 Å². The molecule has 0 saturated heterocycles. The fraction of sp³-hybridized carbons (Fsp3) is 0.529. The summed E-state index contributed by atoms with van der Waals surface area (Å²) in [5.41, 5.74) is 0.953. The van der Waals surface area contributed by atoms with E-state index in [-0.39, 0.29) is 5.82 Å². The average molecular weight is 279 g/mol. The first-order valence-corrected chi connectivity index (χ1v) is 7.50. The van der Waals surface area contributed by atoms with Gasteiger partial charge in [-0.3, -0.25) is 0 Å². The van der Waals surface area contributed by atoms with E-state index in [2.05, 4.69) is 18.8 Å². The second kappa shape index (κ2) is 10.4. The number of allylic oxidation sites excluding steroid dienone is 1. The Morgan fingerprint density at radius 3 is 2.85 bits per heavy atom. The molecule has 0 fully saturated rings. The smallest absolute Gasteiger partial charge is 0.165 e. The van der Waals surface area contributed by atoms with Gasteiger partial charge in [0.1, 0.15) is 0 Å². The zero-order valence-electron chi connectivity index (χ0n) is 12.5. The molecule has 0 spiro atoms. The predicted octanol–water partition coefficient (Wildman–Crippen LogP) is 4.45. The zero-order valence-corrected chi connectivity index (χ0v) is 12.5. The third-order valence-corrected chi connectivity index (χ3v) is 3.06. The van der Waals surface area contributed by atoms with Gasteiger partial charge in [0.15, 0.2) is 11.6 Å². The van der Waals surface area contributed by atoms with Crippen LogP contribution >= 0.6 is 0 Å². The summed E-state index contributed by atoms with van der Waals surface area (Å²) in [7, 11) is 0. The van der Waals surface area contributed by atoms with E-state index in [1.165, 1.54) is 0 Å². The SMILES string of the molecule is C=CCCCCCOc1ccc(CNCCC)cc1F. The van der Waals surface area contributed by atoms with Crippen molar-refractivity contribution in [1.29, 1.82) is 0 Å². The Hall–Kier alpha value is -1.35. The maximum absolute atomic E-state index is 13.8. The van der Waals surface area contributed by atoms with Gasteiger partial charge in [0.2, 0.25) is 0 Å². The molecule has 0 aliphatic rings. The second-order valence-corrected chi connectivity index (χ2v) is 4.93. The van der Waals surface area contributed by atoms with E-state index in [0.717, 1.165) is 44.2 Å². The molecule has 0 heterocycles. The maximum Gasteiger partial charge on any atom is 0.165 e. The van der Waals surface area contributed by atoms with Gasteiger partial charge in [-0.25, -0.2) is 4.39 Å². The van der Waals surface area contributed by atoms with Gasteiger partial charge in [0.05, 0.1) is 6.61 Å². The molecule has 0 bridgehead atoms. The van der Waals surface area contributed by atoms with E-state index in [0.29, 0.717) is 18.9 Å². The van der Waals surface area contributed by atoms with Crippen LogP contribution in [0.25, 0.3) is 0 Å². The van der Waals surface area contributed by atoms with Crippen molar-refractivity contribution in [3.8, 4) is 5.75 Å². The highest BCUT2D eigenvalue weighted by Gasteiger charge is 2.04. The molecule has 2 nitrogen and oxygen atoms in total. The Morgan fingerprint density at radius 2 is 2.15 bits per heavy atom. The van der Waals surface area contributed by atoms with Gasteiger partial charge in [0.25, 0.3) is 0 Å². The molecule has 0 atom stereocenters. The minimum atomic E-state index is -0.271. The highest BCUT2D eigenvalue weighted by atomic mass is 19.1. The third-order valence-electron chi connectivity index (χ3n) is 3.06. The van der Waals surface area contributed by atoms with Gasteiger partial charge < -0.3 is 10.1 Å². The molecule has 0 amide bonds. The first-order valence-electron chi connectivity index (χ1n) is 7.50. The zero-order chi connectivity index (χ0) is 14.6. The lowest BCUT2D eigenvalue weighted by Gasteiger charge is -2.09. The van der Waals surface area contributed by atoms with Crippen LogP contribution in [0.1, 0.15) is 44.6 Å². The third kappa shape index (κ3) is 6.71. The standard InChI is InChI=1S/C17H26FNO/c1-3-5-6-7-8-12-20-17-10-9-15(13-16(17)18)14-19-11-4-2/h3,9-10,13,19H,1,4-8,11-12,14H2,2H3. The van der Waals surface area contributed by atoms with Crippen molar-refractivity contribution in [2.24, 2.45) is 0 Å². The summed E-state index contributed by atoms with van der Waals surface area (Å²) in [5, 5.41) is 3.25. The molecule has 0 aromatic heterocycles. The Kier molecular flexibility index (Phi) is 8.72. The van der Waals surface area contributed by atoms with Crippen molar-refractivity contribution in [1.82, 2.24) is 5.32 Å². The summed E-state index contributed by atoms with van der Waals surface area (Å²) in [6.45, 7) is 8.02. The highest BCUT2D eigenvalue weighted by Crippen LogP contribution is 2.18. The van der Waals surface area contributed by atoms with Crippen molar-refractivity contribution in [2.45, 2.75) is 45.6 Å². The van der Waals surface area contributed by atoms with Crippen LogP contribution in [0.15, 0.2) is 30.9 Å². The van der Waals surface area contributed by atoms with Crippen LogP contribution in [0.3, 0.4) is 0 Å². The summed E-state index contributed by atoms with van der Waals surface area (Å²) >= 11 is 0. The molecule has 0 radical (unpaired) electrons. The van der Waals surface area contributed by atoms with Crippen LogP contribution in [0.4, 0.5) is 4.39 Å². The van der Waals surface area contributed by atoms with E-state index >= 15 is 0 Å². The Labute approximate surface area is 122 Å². The molecule has 1 aromatic rings. The quantitative estimate of drug-likeness (QED) is 0.477. The highest BCUT2D eigenvalue weighted by molar-refractivity contribution is 5.29.